The van der Waals surface area contributed by atoms with Crippen molar-refractivity contribution in [1.82, 2.24) is 0 Å². The number of amides is 1. The lowest BCUT2D eigenvalue weighted by Crippen LogP contribution is -2.41. The zero-order valence-electron chi connectivity index (χ0n) is 10.1. The monoisotopic (exact) mass is 291 g/mol. The van der Waals surface area contributed by atoms with Gasteiger partial charge in [-0.3, -0.25) is 9.35 Å². The summed E-state index contributed by atoms with van der Waals surface area (Å²) in [5, 5.41) is 0. The molecule has 2 rings (SSSR count). The summed E-state index contributed by atoms with van der Waals surface area (Å²) in [6.07, 6.45) is 0. The molecular formula is C11H11F2NO4S. The van der Waals surface area contributed by atoms with Crippen LogP contribution in [0, 0.1) is 11.6 Å². The molecule has 1 aliphatic rings. The van der Waals surface area contributed by atoms with E-state index in [1.165, 1.54) is 14.0 Å². The highest BCUT2D eigenvalue weighted by molar-refractivity contribution is 7.85. The summed E-state index contributed by atoms with van der Waals surface area (Å²) in [5.74, 6) is -3.52. The lowest BCUT2D eigenvalue weighted by atomic mass is 9.86. The number of nitrogens with zero attached hydrogens (tertiary/aromatic N) is 1. The van der Waals surface area contributed by atoms with Crippen LogP contribution < -0.4 is 4.90 Å². The molecule has 8 heteroatoms. The predicted molar refractivity (Wildman–Crippen MR) is 63.5 cm³/mol. The van der Waals surface area contributed by atoms with Gasteiger partial charge in [0.25, 0.3) is 10.1 Å². The van der Waals surface area contributed by atoms with E-state index in [0.717, 1.165) is 11.0 Å². The normalized spacial score (nSPS) is 22.8. The quantitative estimate of drug-likeness (QED) is 0.828. The van der Waals surface area contributed by atoms with Crippen molar-refractivity contribution < 1.29 is 26.5 Å². The molecule has 0 radical (unpaired) electrons. The van der Waals surface area contributed by atoms with Gasteiger partial charge < -0.3 is 4.90 Å². The molecule has 1 atom stereocenters. The Morgan fingerprint density at radius 1 is 1.37 bits per heavy atom. The second-order valence-corrected chi connectivity index (χ2v) is 6.16. The summed E-state index contributed by atoms with van der Waals surface area (Å²) in [5.41, 5.74) is -1.96. The largest absolute Gasteiger partial charge is 0.312 e. The molecule has 1 N–H and O–H groups in total. The van der Waals surface area contributed by atoms with E-state index < -0.39 is 38.8 Å². The van der Waals surface area contributed by atoms with Crippen LogP contribution in [-0.4, -0.2) is 31.7 Å². The average Bonchev–Trinajstić information content (AvgIpc) is 2.39. The van der Waals surface area contributed by atoms with E-state index in [1.807, 2.05) is 0 Å². The van der Waals surface area contributed by atoms with Crippen LogP contribution in [0.15, 0.2) is 12.1 Å². The Bertz CT molecular complexity index is 674. The van der Waals surface area contributed by atoms with Gasteiger partial charge in [0.2, 0.25) is 5.91 Å². The third-order valence-corrected chi connectivity index (χ3v) is 4.15. The first-order chi connectivity index (χ1) is 8.56. The number of hydrogen-bond acceptors (Lipinski definition) is 3. The molecule has 1 heterocycles. The molecule has 0 aromatic heterocycles. The molecule has 5 nitrogen and oxygen atoms in total. The fourth-order valence-corrected chi connectivity index (χ4v) is 3.43. The number of carbonyl (C=O) groups excluding carboxylic acids is 1. The van der Waals surface area contributed by atoms with Gasteiger partial charge in [-0.15, -0.1) is 0 Å². The molecule has 0 fully saturated rings. The number of benzene rings is 1. The van der Waals surface area contributed by atoms with Gasteiger partial charge in [-0.1, -0.05) is 0 Å². The highest BCUT2D eigenvalue weighted by atomic mass is 32.2. The number of rotatable bonds is 2. The molecule has 104 valence electrons. The molecule has 1 amide bonds. The number of halogens is 2. The third kappa shape index (κ3) is 2.10. The third-order valence-electron chi connectivity index (χ3n) is 3.21. The van der Waals surface area contributed by atoms with Crippen LogP contribution >= 0.6 is 0 Å². The van der Waals surface area contributed by atoms with Crippen LogP contribution in [0.1, 0.15) is 12.5 Å². The van der Waals surface area contributed by atoms with Crippen LogP contribution in [0.4, 0.5) is 14.5 Å². The van der Waals surface area contributed by atoms with E-state index in [1.54, 1.807) is 0 Å². The number of likely N-dealkylation sites (N-methyl/N-ethyl adjacent to an activating group) is 1. The van der Waals surface area contributed by atoms with Crippen LogP contribution in [0.25, 0.3) is 0 Å². The summed E-state index contributed by atoms with van der Waals surface area (Å²) in [6.45, 7) is 1.23. The lowest BCUT2D eigenvalue weighted by molar-refractivity contribution is -0.121. The van der Waals surface area contributed by atoms with E-state index in [4.69, 9.17) is 4.55 Å². The van der Waals surface area contributed by atoms with E-state index in [-0.39, 0.29) is 11.3 Å². The van der Waals surface area contributed by atoms with E-state index >= 15 is 0 Å². The zero-order valence-corrected chi connectivity index (χ0v) is 11.0. The molecule has 0 aliphatic carbocycles. The number of fused-ring (bicyclic) bond motifs is 1. The van der Waals surface area contributed by atoms with E-state index in [9.17, 15) is 22.0 Å². The summed E-state index contributed by atoms with van der Waals surface area (Å²) >= 11 is 0. The Balaban J connectivity index is 2.71. The maximum atomic E-state index is 13.7. The Morgan fingerprint density at radius 2 is 1.95 bits per heavy atom. The minimum Gasteiger partial charge on any atom is -0.312 e. The maximum absolute atomic E-state index is 13.7. The first-order valence-electron chi connectivity index (χ1n) is 5.29. The van der Waals surface area contributed by atoms with Crippen molar-refractivity contribution in [2.75, 3.05) is 17.7 Å². The first kappa shape index (κ1) is 13.9. The van der Waals surface area contributed by atoms with Crippen molar-refractivity contribution in [3.05, 3.63) is 29.3 Å². The first-order valence-corrected chi connectivity index (χ1v) is 6.90. The second kappa shape index (κ2) is 3.97. The van der Waals surface area contributed by atoms with Gasteiger partial charge in [-0.05, 0) is 18.6 Å². The van der Waals surface area contributed by atoms with Crippen LogP contribution in [-0.2, 0) is 20.3 Å². The minimum absolute atomic E-state index is 0.0878. The Kier molecular flexibility index (Phi) is 2.90. The van der Waals surface area contributed by atoms with Gasteiger partial charge in [-0.25, -0.2) is 8.78 Å². The fourth-order valence-electron chi connectivity index (χ4n) is 2.42. The van der Waals surface area contributed by atoms with Gasteiger partial charge in [0.1, 0.15) is 11.6 Å². The summed E-state index contributed by atoms with van der Waals surface area (Å²) < 4.78 is 57.9. The van der Waals surface area contributed by atoms with Crippen molar-refractivity contribution in [3.8, 4) is 0 Å². The summed E-state index contributed by atoms with van der Waals surface area (Å²) in [4.78, 5) is 13.0. The summed E-state index contributed by atoms with van der Waals surface area (Å²) in [7, 11) is -3.22. The average molecular weight is 291 g/mol. The molecule has 1 aromatic carbocycles. The van der Waals surface area contributed by atoms with Crippen molar-refractivity contribution in [2.45, 2.75) is 12.3 Å². The van der Waals surface area contributed by atoms with Gasteiger partial charge in [0.15, 0.2) is 0 Å². The van der Waals surface area contributed by atoms with Crippen molar-refractivity contribution in [1.29, 1.82) is 0 Å². The van der Waals surface area contributed by atoms with Crippen LogP contribution in [0.5, 0.6) is 0 Å². The molecule has 1 aromatic rings. The van der Waals surface area contributed by atoms with Gasteiger partial charge in [-0.2, -0.15) is 8.42 Å². The van der Waals surface area contributed by atoms with Crippen molar-refractivity contribution in [2.24, 2.45) is 0 Å². The van der Waals surface area contributed by atoms with Gasteiger partial charge in [0, 0.05) is 13.1 Å². The lowest BCUT2D eigenvalue weighted by Gasteiger charge is -2.21. The standard InChI is InChI=1S/C11H11F2NO4S/c1-11(5-19(16,17)18)7-3-6(12)4-8(13)9(7)14(2)10(11)15/h3-4H,5H2,1-2H3,(H,16,17,18). The fraction of sp³-hybridized carbons (Fsp3) is 0.364. The van der Waals surface area contributed by atoms with Crippen LogP contribution in [0.2, 0.25) is 0 Å². The van der Waals surface area contributed by atoms with Crippen molar-refractivity contribution in [3.63, 3.8) is 0 Å². The summed E-state index contributed by atoms with van der Waals surface area (Å²) in [6, 6.07) is 1.52. The molecule has 0 bridgehead atoms. The molecule has 19 heavy (non-hydrogen) atoms. The molecule has 0 saturated carbocycles. The maximum Gasteiger partial charge on any atom is 0.266 e. The van der Waals surface area contributed by atoms with Gasteiger partial charge >= 0.3 is 0 Å². The number of hydrogen-bond donors (Lipinski definition) is 1. The predicted octanol–water partition coefficient (Wildman–Crippen LogP) is 1.09. The van der Waals surface area contributed by atoms with Crippen molar-refractivity contribution >= 4 is 21.7 Å². The Morgan fingerprint density at radius 3 is 2.47 bits per heavy atom. The number of carbonyl (C=O) groups is 1. The Labute approximate surface area is 108 Å². The molecular weight excluding hydrogens is 280 g/mol. The highest BCUT2D eigenvalue weighted by Crippen LogP contribution is 2.43. The molecule has 0 spiro atoms. The zero-order chi connectivity index (χ0) is 14.6. The van der Waals surface area contributed by atoms with Crippen LogP contribution in [0.3, 0.4) is 0 Å². The van der Waals surface area contributed by atoms with E-state index in [0.29, 0.717) is 6.07 Å². The van der Waals surface area contributed by atoms with Gasteiger partial charge in [0.05, 0.1) is 16.9 Å². The topological polar surface area (TPSA) is 74.7 Å². The second-order valence-electron chi connectivity index (χ2n) is 4.71. The smallest absolute Gasteiger partial charge is 0.266 e. The minimum atomic E-state index is -4.48. The Hall–Kier alpha value is -1.54. The van der Waals surface area contributed by atoms with E-state index in [2.05, 4.69) is 0 Å². The SMILES string of the molecule is CN1C(=O)C(C)(CS(=O)(=O)O)c2cc(F)cc(F)c21. The molecule has 1 aliphatic heterocycles. The molecule has 1 unspecified atom stereocenters. The molecule has 0 saturated heterocycles. The number of anilines is 1. The highest BCUT2D eigenvalue weighted by Gasteiger charge is 2.50.